The van der Waals surface area contributed by atoms with Crippen molar-refractivity contribution in [2.45, 2.75) is 27.7 Å². The topological polar surface area (TPSA) is 0 Å². The standard InChI is InChI=1S/C10H11F.C2H6/c1-7-4-5-10(9(3)11)8(2)6-7;1-2/h4-6H,3H2,1-2H3;1-2H3. The maximum absolute atomic E-state index is 12.6. The van der Waals surface area contributed by atoms with Crippen LogP contribution in [-0.4, -0.2) is 0 Å². The fourth-order valence-corrected chi connectivity index (χ4v) is 1.12. The van der Waals surface area contributed by atoms with E-state index in [4.69, 9.17) is 0 Å². The van der Waals surface area contributed by atoms with Gasteiger partial charge in [-0.2, -0.15) is 0 Å². The van der Waals surface area contributed by atoms with E-state index in [-0.39, 0.29) is 5.83 Å². The number of hydrogen-bond donors (Lipinski definition) is 0. The van der Waals surface area contributed by atoms with Crippen molar-refractivity contribution in [3.63, 3.8) is 0 Å². The highest BCUT2D eigenvalue weighted by molar-refractivity contribution is 5.60. The van der Waals surface area contributed by atoms with Crippen LogP contribution in [0.2, 0.25) is 0 Å². The molecule has 1 heteroatoms. The monoisotopic (exact) mass is 180 g/mol. The molecule has 0 aromatic heterocycles. The Labute approximate surface area is 80.1 Å². The van der Waals surface area contributed by atoms with E-state index in [1.165, 1.54) is 0 Å². The largest absolute Gasteiger partial charge is 0.207 e. The van der Waals surface area contributed by atoms with Gasteiger partial charge in [0.2, 0.25) is 0 Å². The van der Waals surface area contributed by atoms with Crippen LogP contribution in [-0.2, 0) is 0 Å². The summed E-state index contributed by atoms with van der Waals surface area (Å²) in [5.74, 6) is -0.359. The van der Waals surface area contributed by atoms with Crippen LogP contribution in [0.3, 0.4) is 0 Å². The molecule has 0 bridgehead atoms. The van der Waals surface area contributed by atoms with Crippen molar-refractivity contribution >= 4 is 5.83 Å². The lowest BCUT2D eigenvalue weighted by molar-refractivity contribution is 0.762. The van der Waals surface area contributed by atoms with Gasteiger partial charge in [-0.15, -0.1) is 0 Å². The first-order valence-corrected chi connectivity index (χ1v) is 4.53. The summed E-state index contributed by atoms with van der Waals surface area (Å²) in [5, 5.41) is 0. The maximum Gasteiger partial charge on any atom is 0.123 e. The Morgan fingerprint density at radius 3 is 2.15 bits per heavy atom. The predicted molar refractivity (Wildman–Crippen MR) is 57.4 cm³/mol. The first kappa shape index (κ1) is 11.9. The van der Waals surface area contributed by atoms with E-state index in [0.29, 0.717) is 5.56 Å². The quantitative estimate of drug-likeness (QED) is 0.605. The molecule has 0 radical (unpaired) electrons. The van der Waals surface area contributed by atoms with Crippen molar-refractivity contribution in [1.82, 2.24) is 0 Å². The minimum absolute atomic E-state index is 0.359. The summed E-state index contributed by atoms with van der Waals surface area (Å²) in [7, 11) is 0. The van der Waals surface area contributed by atoms with Gasteiger partial charge in [-0.1, -0.05) is 44.2 Å². The molecule has 1 aromatic rings. The molecule has 1 rings (SSSR count). The molecule has 72 valence electrons. The predicted octanol–water partition coefficient (Wildman–Crippen LogP) is 4.27. The Morgan fingerprint density at radius 1 is 1.23 bits per heavy atom. The van der Waals surface area contributed by atoms with Crippen LogP contribution in [0.4, 0.5) is 4.39 Å². The SMILES string of the molecule is C=C(F)c1ccc(C)cc1C.CC. The molecular formula is C12H17F. The summed E-state index contributed by atoms with van der Waals surface area (Å²) in [6.07, 6.45) is 0. The van der Waals surface area contributed by atoms with Crippen molar-refractivity contribution in [2.75, 3.05) is 0 Å². The van der Waals surface area contributed by atoms with Crippen molar-refractivity contribution in [3.8, 4) is 0 Å². The third-order valence-corrected chi connectivity index (χ3v) is 1.67. The zero-order chi connectivity index (χ0) is 10.4. The third kappa shape index (κ3) is 3.41. The number of benzene rings is 1. The summed E-state index contributed by atoms with van der Waals surface area (Å²) >= 11 is 0. The van der Waals surface area contributed by atoms with Crippen molar-refractivity contribution in [2.24, 2.45) is 0 Å². The highest BCUT2D eigenvalue weighted by atomic mass is 19.1. The Bertz CT molecular complexity index is 287. The molecule has 0 fully saturated rings. The molecule has 0 aliphatic carbocycles. The van der Waals surface area contributed by atoms with E-state index >= 15 is 0 Å². The Morgan fingerprint density at radius 2 is 1.77 bits per heavy atom. The number of halogens is 1. The van der Waals surface area contributed by atoms with Gasteiger partial charge in [-0.25, -0.2) is 4.39 Å². The average Bonchev–Trinajstić information content (AvgIpc) is 2.07. The van der Waals surface area contributed by atoms with E-state index in [1.807, 2.05) is 39.8 Å². The van der Waals surface area contributed by atoms with Crippen LogP contribution in [0.15, 0.2) is 24.8 Å². The van der Waals surface area contributed by atoms with E-state index in [0.717, 1.165) is 11.1 Å². The second kappa shape index (κ2) is 5.52. The van der Waals surface area contributed by atoms with Gasteiger partial charge in [0.05, 0.1) is 0 Å². The summed E-state index contributed by atoms with van der Waals surface area (Å²) in [6, 6.07) is 5.58. The molecular weight excluding hydrogens is 163 g/mol. The molecule has 0 amide bonds. The zero-order valence-corrected chi connectivity index (χ0v) is 8.82. The van der Waals surface area contributed by atoms with Crippen LogP contribution in [0.25, 0.3) is 5.83 Å². The number of rotatable bonds is 1. The first-order chi connectivity index (χ1) is 6.11. The van der Waals surface area contributed by atoms with E-state index in [9.17, 15) is 4.39 Å². The van der Waals surface area contributed by atoms with Gasteiger partial charge in [0, 0.05) is 5.56 Å². The minimum Gasteiger partial charge on any atom is -0.207 e. The van der Waals surface area contributed by atoms with Gasteiger partial charge in [0.1, 0.15) is 5.83 Å². The molecule has 0 aliphatic rings. The Kier molecular flexibility index (Phi) is 5.05. The van der Waals surface area contributed by atoms with Gasteiger partial charge >= 0.3 is 0 Å². The van der Waals surface area contributed by atoms with Crippen LogP contribution >= 0.6 is 0 Å². The fourth-order valence-electron chi connectivity index (χ4n) is 1.12. The van der Waals surface area contributed by atoms with E-state index in [1.54, 1.807) is 6.07 Å². The van der Waals surface area contributed by atoms with Gasteiger partial charge in [-0.3, -0.25) is 0 Å². The van der Waals surface area contributed by atoms with Gasteiger partial charge in [0.15, 0.2) is 0 Å². The molecule has 0 N–H and O–H groups in total. The highest BCUT2D eigenvalue weighted by Crippen LogP contribution is 2.18. The van der Waals surface area contributed by atoms with Crippen molar-refractivity contribution in [3.05, 3.63) is 41.5 Å². The lowest BCUT2D eigenvalue weighted by atomic mass is 10.1. The maximum atomic E-state index is 12.6. The molecule has 1 aromatic carbocycles. The van der Waals surface area contributed by atoms with Crippen molar-refractivity contribution < 1.29 is 4.39 Å². The number of hydrogen-bond acceptors (Lipinski definition) is 0. The highest BCUT2D eigenvalue weighted by Gasteiger charge is 2.00. The van der Waals surface area contributed by atoms with Gasteiger partial charge < -0.3 is 0 Å². The lowest BCUT2D eigenvalue weighted by Gasteiger charge is -2.02. The molecule has 0 spiro atoms. The van der Waals surface area contributed by atoms with E-state index < -0.39 is 0 Å². The summed E-state index contributed by atoms with van der Waals surface area (Å²) in [4.78, 5) is 0. The van der Waals surface area contributed by atoms with Crippen LogP contribution in [0.1, 0.15) is 30.5 Å². The third-order valence-electron chi connectivity index (χ3n) is 1.67. The smallest absolute Gasteiger partial charge is 0.123 e. The zero-order valence-electron chi connectivity index (χ0n) is 8.82. The molecule has 0 unspecified atom stereocenters. The summed E-state index contributed by atoms with van der Waals surface area (Å²) < 4.78 is 12.6. The van der Waals surface area contributed by atoms with E-state index in [2.05, 4.69) is 6.58 Å². The normalized spacial score (nSPS) is 8.69. The number of aryl methyl sites for hydroxylation is 2. The minimum atomic E-state index is -0.359. The second-order valence-electron chi connectivity index (χ2n) is 2.72. The van der Waals surface area contributed by atoms with Crippen molar-refractivity contribution in [1.29, 1.82) is 0 Å². The molecule has 0 heterocycles. The van der Waals surface area contributed by atoms with Crippen LogP contribution in [0, 0.1) is 13.8 Å². The fraction of sp³-hybridized carbons (Fsp3) is 0.333. The van der Waals surface area contributed by atoms with Gasteiger partial charge in [-0.05, 0) is 19.4 Å². The summed E-state index contributed by atoms with van der Waals surface area (Å²) in [6.45, 7) is 11.1. The average molecular weight is 180 g/mol. The Balaban J connectivity index is 0.000000671. The second-order valence-corrected chi connectivity index (χ2v) is 2.72. The molecule has 0 atom stereocenters. The molecule has 0 saturated carbocycles. The summed E-state index contributed by atoms with van der Waals surface area (Å²) in [5.41, 5.74) is 2.70. The van der Waals surface area contributed by atoms with Gasteiger partial charge in [0.25, 0.3) is 0 Å². The molecule has 0 saturated heterocycles. The van der Waals surface area contributed by atoms with Crippen LogP contribution < -0.4 is 0 Å². The first-order valence-electron chi connectivity index (χ1n) is 4.53. The lowest BCUT2D eigenvalue weighted by Crippen LogP contribution is -1.84. The molecule has 13 heavy (non-hydrogen) atoms. The van der Waals surface area contributed by atoms with Crippen LogP contribution in [0.5, 0.6) is 0 Å². The Hall–Kier alpha value is -1.11. The molecule has 0 aliphatic heterocycles. The molecule has 0 nitrogen and oxygen atoms in total.